The summed E-state index contributed by atoms with van der Waals surface area (Å²) in [6, 6.07) is 10.2. The number of aryl methyl sites for hydroxylation is 1. The van der Waals surface area contributed by atoms with Gasteiger partial charge in [0.2, 0.25) is 0 Å². The zero-order valence-electron chi connectivity index (χ0n) is 26.8. The number of benzene rings is 2. The van der Waals surface area contributed by atoms with Crippen molar-refractivity contribution in [2.24, 2.45) is 0 Å². The minimum atomic E-state index is -4.77. The van der Waals surface area contributed by atoms with E-state index < -0.39 is 57.6 Å². The van der Waals surface area contributed by atoms with Crippen molar-refractivity contribution in [1.29, 1.82) is 15.8 Å². The number of nitriles is 3. The maximum absolute atomic E-state index is 13.0. The zero-order chi connectivity index (χ0) is 38.4. The average Bonchev–Trinajstić information content (AvgIpc) is 3.67. The summed E-state index contributed by atoms with van der Waals surface area (Å²) in [5.41, 5.74) is -6.73. The summed E-state index contributed by atoms with van der Waals surface area (Å²) >= 11 is 0. The van der Waals surface area contributed by atoms with Gasteiger partial charge in [-0.15, -0.1) is 0 Å². The van der Waals surface area contributed by atoms with Gasteiger partial charge >= 0.3 is 12.4 Å². The Bertz CT molecular complexity index is 2050. The van der Waals surface area contributed by atoms with Gasteiger partial charge in [0.1, 0.15) is 6.07 Å². The second kappa shape index (κ2) is 15.1. The van der Waals surface area contributed by atoms with E-state index in [4.69, 9.17) is 15.8 Å². The lowest BCUT2D eigenvalue weighted by Gasteiger charge is -2.22. The fourth-order valence-electron chi connectivity index (χ4n) is 4.28. The molecule has 0 aliphatic carbocycles. The first-order chi connectivity index (χ1) is 23.6. The molecule has 0 saturated heterocycles. The van der Waals surface area contributed by atoms with Crippen LogP contribution in [0.5, 0.6) is 0 Å². The van der Waals surface area contributed by atoms with Crippen LogP contribution in [0.2, 0.25) is 0 Å². The molecule has 13 nitrogen and oxygen atoms in total. The SMILES string of the molecule is C[C@](O)(Cn1cc(C#N)cn1)C(=O)Nc1ccc(C#N)c(C(F)(F)F)c1.Cc1cnn(C[C@](C)(O)C(=O)Nc2ccc(C#N)c(C(F)(F)F)c2)c1. The smallest absolute Gasteiger partial charge is 0.378 e. The van der Waals surface area contributed by atoms with Gasteiger partial charge in [-0.3, -0.25) is 19.0 Å². The summed E-state index contributed by atoms with van der Waals surface area (Å²) in [5.74, 6) is -1.86. The number of hydrogen-bond acceptors (Lipinski definition) is 9. The van der Waals surface area contributed by atoms with Crippen molar-refractivity contribution >= 4 is 23.2 Å². The maximum atomic E-state index is 13.0. The van der Waals surface area contributed by atoms with Crippen LogP contribution >= 0.6 is 0 Å². The predicted molar refractivity (Wildman–Crippen MR) is 165 cm³/mol. The van der Waals surface area contributed by atoms with Gasteiger partial charge in [0.05, 0.1) is 65.4 Å². The predicted octanol–water partition coefficient (Wildman–Crippen LogP) is 4.51. The van der Waals surface area contributed by atoms with Gasteiger partial charge in [0.25, 0.3) is 11.8 Å². The number of carbonyl (C=O) groups excluding carboxylic acids is 2. The number of hydrogen-bond donors (Lipinski definition) is 4. The number of nitrogens with zero attached hydrogens (tertiary/aromatic N) is 7. The van der Waals surface area contributed by atoms with Crippen molar-refractivity contribution in [2.75, 3.05) is 10.6 Å². The minimum absolute atomic E-state index is 0.172. The number of alkyl halides is 6. The summed E-state index contributed by atoms with van der Waals surface area (Å²) in [7, 11) is 0. The number of rotatable bonds is 8. The molecule has 0 bridgehead atoms. The van der Waals surface area contributed by atoms with Crippen LogP contribution in [0.25, 0.3) is 0 Å². The molecule has 19 heteroatoms. The number of aromatic nitrogens is 4. The first kappa shape index (κ1) is 39.2. The highest BCUT2D eigenvalue weighted by atomic mass is 19.4. The lowest BCUT2D eigenvalue weighted by Crippen LogP contribution is -2.43. The third kappa shape index (κ3) is 10.4. The quantitative estimate of drug-likeness (QED) is 0.189. The molecule has 2 aromatic heterocycles. The van der Waals surface area contributed by atoms with Crippen molar-refractivity contribution in [1.82, 2.24) is 19.6 Å². The van der Waals surface area contributed by atoms with E-state index in [1.807, 2.05) is 6.07 Å². The number of nitrogens with one attached hydrogen (secondary N) is 2. The molecule has 0 saturated carbocycles. The van der Waals surface area contributed by atoms with E-state index in [0.717, 1.165) is 35.4 Å². The Hall–Kier alpha value is -6.23. The Morgan fingerprint density at radius 1 is 0.725 bits per heavy atom. The van der Waals surface area contributed by atoms with Gasteiger partial charge in [-0.1, -0.05) is 0 Å². The van der Waals surface area contributed by atoms with Crippen molar-refractivity contribution in [3.63, 3.8) is 0 Å². The van der Waals surface area contributed by atoms with Gasteiger partial charge in [-0.2, -0.15) is 52.3 Å². The van der Waals surface area contributed by atoms with E-state index in [0.29, 0.717) is 12.1 Å². The Morgan fingerprint density at radius 2 is 1.14 bits per heavy atom. The Kier molecular flexibility index (Phi) is 11.6. The highest BCUT2D eigenvalue weighted by Crippen LogP contribution is 2.35. The lowest BCUT2D eigenvalue weighted by atomic mass is 10.0. The zero-order valence-corrected chi connectivity index (χ0v) is 26.8. The molecule has 0 aliphatic heterocycles. The fourth-order valence-corrected chi connectivity index (χ4v) is 4.28. The number of aliphatic hydroxyl groups is 2. The molecular weight excluding hydrogens is 688 g/mol. The first-order valence-corrected chi connectivity index (χ1v) is 14.3. The molecule has 0 unspecified atom stereocenters. The number of anilines is 2. The van der Waals surface area contributed by atoms with Gasteiger partial charge < -0.3 is 20.8 Å². The van der Waals surface area contributed by atoms with E-state index in [-0.39, 0.29) is 30.0 Å². The van der Waals surface area contributed by atoms with E-state index in [1.165, 1.54) is 42.2 Å². The highest BCUT2D eigenvalue weighted by molar-refractivity contribution is 5.97. The lowest BCUT2D eigenvalue weighted by molar-refractivity contribution is -0.138. The highest BCUT2D eigenvalue weighted by Gasteiger charge is 2.37. The molecule has 2 aromatic carbocycles. The van der Waals surface area contributed by atoms with Crippen LogP contribution in [-0.4, -0.2) is 52.8 Å². The van der Waals surface area contributed by atoms with Crippen LogP contribution in [0.4, 0.5) is 37.7 Å². The number of carbonyl (C=O) groups is 2. The van der Waals surface area contributed by atoms with E-state index in [9.17, 15) is 46.1 Å². The van der Waals surface area contributed by atoms with Crippen LogP contribution < -0.4 is 10.6 Å². The van der Waals surface area contributed by atoms with E-state index >= 15 is 0 Å². The molecular formula is C32H27F6N9O4. The summed E-state index contributed by atoms with van der Waals surface area (Å²) in [4.78, 5) is 24.4. The van der Waals surface area contributed by atoms with Crippen molar-refractivity contribution < 1.29 is 46.1 Å². The van der Waals surface area contributed by atoms with Crippen LogP contribution in [0.3, 0.4) is 0 Å². The molecule has 4 N–H and O–H groups in total. The second-order valence-electron chi connectivity index (χ2n) is 11.4. The molecule has 4 rings (SSSR count). The van der Waals surface area contributed by atoms with Crippen LogP contribution in [0.1, 0.15) is 47.2 Å². The van der Waals surface area contributed by atoms with Crippen LogP contribution in [-0.2, 0) is 35.0 Å². The van der Waals surface area contributed by atoms with Gasteiger partial charge in [0.15, 0.2) is 11.2 Å². The van der Waals surface area contributed by atoms with Gasteiger partial charge in [-0.05, 0) is 62.7 Å². The normalized spacial score (nSPS) is 13.6. The summed E-state index contributed by atoms with van der Waals surface area (Å²) in [6.45, 7) is 3.68. The molecule has 0 aliphatic rings. The standard InChI is InChI=1S/C16H12F3N5O2.C16H15F3N4O2/c1-15(26,9-24-8-10(5-20)7-22-24)14(25)23-12-3-2-11(6-21)13(4-12)16(17,18)19;1-10-7-21-23(8-10)9-15(2,25)14(24)22-12-4-3-11(6-20)13(5-12)16(17,18)19/h2-4,7-8,26H,9H2,1H3,(H,23,25);3-5,7-8,25H,9H2,1-2H3,(H,22,24)/t2*15-/m00/s1. The average molecular weight is 716 g/mol. The molecule has 51 heavy (non-hydrogen) atoms. The summed E-state index contributed by atoms with van der Waals surface area (Å²) < 4.78 is 80.3. The first-order valence-electron chi connectivity index (χ1n) is 14.3. The number of amides is 2. The van der Waals surface area contributed by atoms with Crippen molar-refractivity contribution in [3.8, 4) is 18.2 Å². The van der Waals surface area contributed by atoms with Gasteiger partial charge in [0, 0.05) is 23.8 Å². The molecule has 0 spiro atoms. The van der Waals surface area contributed by atoms with Crippen LogP contribution in [0.15, 0.2) is 61.2 Å². The van der Waals surface area contributed by atoms with Crippen molar-refractivity contribution in [2.45, 2.75) is 57.4 Å². The van der Waals surface area contributed by atoms with Crippen LogP contribution in [0, 0.1) is 40.9 Å². The molecule has 266 valence electrons. The van der Waals surface area contributed by atoms with Crippen molar-refractivity contribution in [3.05, 3.63) is 94.6 Å². The molecule has 4 aromatic rings. The second-order valence-corrected chi connectivity index (χ2v) is 11.4. The number of halogens is 6. The van der Waals surface area contributed by atoms with E-state index in [1.54, 1.807) is 19.3 Å². The summed E-state index contributed by atoms with van der Waals surface area (Å²) in [6.07, 6.45) is -3.79. The Morgan fingerprint density at radius 3 is 1.47 bits per heavy atom. The molecule has 2 atom stereocenters. The molecule has 2 heterocycles. The Balaban J connectivity index is 0.000000276. The molecule has 0 radical (unpaired) electrons. The summed E-state index contributed by atoms with van der Waals surface area (Å²) in [5, 5.41) is 59.0. The maximum Gasteiger partial charge on any atom is 0.417 e. The molecule has 0 fully saturated rings. The Labute approximate surface area is 285 Å². The minimum Gasteiger partial charge on any atom is -0.378 e. The van der Waals surface area contributed by atoms with E-state index in [2.05, 4.69) is 20.8 Å². The topological polar surface area (TPSA) is 206 Å². The third-order valence-corrected chi connectivity index (χ3v) is 6.85. The largest absolute Gasteiger partial charge is 0.417 e. The third-order valence-electron chi connectivity index (χ3n) is 6.85. The fraction of sp³-hybridized carbons (Fsp3) is 0.281. The molecule has 2 amide bonds. The monoisotopic (exact) mass is 715 g/mol. The van der Waals surface area contributed by atoms with Gasteiger partial charge in [-0.25, -0.2) is 0 Å².